The number of sulfonamides is 1. The van der Waals surface area contributed by atoms with Gasteiger partial charge in [-0.15, -0.1) is 0 Å². The van der Waals surface area contributed by atoms with Crippen LogP contribution in [-0.2, 0) is 10.0 Å². The Morgan fingerprint density at radius 3 is 2.55 bits per heavy atom. The fourth-order valence-corrected chi connectivity index (χ4v) is 2.71. The zero-order valence-electron chi connectivity index (χ0n) is 11.9. The molecule has 6 heteroatoms. The number of anilines is 1. The Morgan fingerprint density at radius 1 is 1.35 bits per heavy atom. The van der Waals surface area contributed by atoms with Crippen LogP contribution >= 0.6 is 0 Å². The van der Waals surface area contributed by atoms with E-state index in [4.69, 9.17) is 0 Å². The fourth-order valence-electron chi connectivity index (χ4n) is 2.13. The van der Waals surface area contributed by atoms with Gasteiger partial charge in [0.1, 0.15) is 0 Å². The third-order valence-corrected chi connectivity index (χ3v) is 3.99. The maximum absolute atomic E-state index is 12.3. The Hall–Kier alpha value is -1.56. The van der Waals surface area contributed by atoms with E-state index < -0.39 is 10.0 Å². The van der Waals surface area contributed by atoms with Gasteiger partial charge in [0.2, 0.25) is 10.0 Å². The van der Waals surface area contributed by atoms with Crippen LogP contribution < -0.4 is 10.0 Å². The second-order valence-electron chi connectivity index (χ2n) is 5.52. The van der Waals surface area contributed by atoms with Gasteiger partial charge in [-0.25, -0.2) is 8.42 Å². The molecule has 1 fully saturated rings. The van der Waals surface area contributed by atoms with E-state index in [0.717, 1.165) is 24.7 Å². The van der Waals surface area contributed by atoms with Crippen molar-refractivity contribution in [2.24, 2.45) is 5.92 Å². The van der Waals surface area contributed by atoms with Crippen LogP contribution in [-0.4, -0.2) is 26.6 Å². The number of nitrogens with one attached hydrogen (secondary N) is 2. The summed E-state index contributed by atoms with van der Waals surface area (Å²) in [5, 5.41) is 2.94. The monoisotopic (exact) mass is 296 g/mol. The Balaban J connectivity index is 2.23. The highest BCUT2D eigenvalue weighted by molar-refractivity contribution is 7.92. The summed E-state index contributed by atoms with van der Waals surface area (Å²) in [6, 6.07) is 5.21. The van der Waals surface area contributed by atoms with Gasteiger partial charge in [-0.2, -0.15) is 0 Å². The van der Waals surface area contributed by atoms with E-state index in [2.05, 4.69) is 10.0 Å². The van der Waals surface area contributed by atoms with E-state index in [1.165, 1.54) is 0 Å². The molecule has 1 saturated carbocycles. The van der Waals surface area contributed by atoms with E-state index in [0.29, 0.717) is 17.2 Å². The predicted octanol–water partition coefficient (Wildman–Crippen LogP) is 1.89. The summed E-state index contributed by atoms with van der Waals surface area (Å²) in [7, 11) is -3.41. The minimum atomic E-state index is -3.41. The molecule has 0 aromatic heterocycles. The second-order valence-corrected chi connectivity index (χ2v) is 7.27. The van der Waals surface area contributed by atoms with E-state index >= 15 is 0 Å². The molecule has 0 bridgehead atoms. The van der Waals surface area contributed by atoms with Crippen molar-refractivity contribution in [3.63, 3.8) is 0 Å². The molecule has 110 valence electrons. The predicted molar refractivity (Wildman–Crippen MR) is 79.3 cm³/mol. The highest BCUT2D eigenvalue weighted by Gasteiger charge is 2.29. The fraction of sp³-hybridized carbons (Fsp3) is 0.500. The number of rotatable bonds is 5. The highest BCUT2D eigenvalue weighted by Crippen LogP contribution is 2.32. The number of hydrogen-bond donors (Lipinski definition) is 2. The molecule has 1 aromatic carbocycles. The van der Waals surface area contributed by atoms with Crippen molar-refractivity contribution in [3.8, 4) is 0 Å². The first-order valence-electron chi connectivity index (χ1n) is 6.65. The van der Waals surface area contributed by atoms with Gasteiger partial charge in [0.05, 0.1) is 17.5 Å². The molecule has 2 N–H and O–H groups in total. The van der Waals surface area contributed by atoms with Gasteiger partial charge in [0, 0.05) is 6.04 Å². The van der Waals surface area contributed by atoms with Crippen molar-refractivity contribution in [1.29, 1.82) is 0 Å². The first-order valence-corrected chi connectivity index (χ1v) is 8.55. The molecule has 5 nitrogen and oxygen atoms in total. The Labute approximate surface area is 119 Å². The van der Waals surface area contributed by atoms with Crippen molar-refractivity contribution in [2.45, 2.75) is 32.7 Å². The van der Waals surface area contributed by atoms with Crippen molar-refractivity contribution in [1.82, 2.24) is 5.32 Å². The van der Waals surface area contributed by atoms with E-state index in [9.17, 15) is 13.2 Å². The van der Waals surface area contributed by atoms with Gasteiger partial charge in [-0.05, 0) is 44.7 Å². The minimum Gasteiger partial charge on any atom is -0.349 e. The summed E-state index contributed by atoms with van der Waals surface area (Å²) in [6.45, 7) is 3.85. The van der Waals surface area contributed by atoms with Crippen LogP contribution in [0.2, 0.25) is 0 Å². The molecule has 0 heterocycles. The lowest BCUT2D eigenvalue weighted by molar-refractivity contribution is 0.0936. The molecule has 0 saturated heterocycles. The number of carbonyl (C=O) groups is 1. The molecule has 1 aromatic rings. The quantitative estimate of drug-likeness (QED) is 0.871. The zero-order chi connectivity index (χ0) is 14.9. The summed E-state index contributed by atoms with van der Waals surface area (Å²) in [5.74, 6) is 0.314. The number of carbonyl (C=O) groups excluding carboxylic acids is 1. The van der Waals surface area contributed by atoms with Gasteiger partial charge in [0.15, 0.2) is 0 Å². The normalized spacial score (nSPS) is 16.6. The van der Waals surface area contributed by atoms with Crippen LogP contribution in [0.5, 0.6) is 0 Å². The minimum absolute atomic E-state index is 0.120. The molecule has 0 aliphatic heterocycles. The molecule has 1 aliphatic carbocycles. The molecule has 1 amide bonds. The second kappa shape index (κ2) is 5.44. The molecule has 1 aliphatic rings. The molecule has 20 heavy (non-hydrogen) atoms. The van der Waals surface area contributed by atoms with E-state index in [1.54, 1.807) is 18.2 Å². The Kier molecular flexibility index (Phi) is 4.04. The lowest BCUT2D eigenvalue weighted by Crippen LogP contribution is -2.34. The number of hydrogen-bond acceptors (Lipinski definition) is 3. The SMILES string of the molecule is Cc1ccc(NS(C)(=O)=O)c(C(=O)N[C@@H](C)C2CC2)c1. The maximum Gasteiger partial charge on any atom is 0.253 e. The Morgan fingerprint density at radius 2 is 2.00 bits per heavy atom. The van der Waals surface area contributed by atoms with Gasteiger partial charge >= 0.3 is 0 Å². The average Bonchev–Trinajstić information content (AvgIpc) is 3.13. The summed E-state index contributed by atoms with van der Waals surface area (Å²) >= 11 is 0. The standard InChI is InChI=1S/C14H20N2O3S/c1-9-4-7-13(16-20(3,18)19)12(8-9)14(17)15-10(2)11-5-6-11/h4,7-8,10-11,16H,5-6H2,1-3H3,(H,15,17)/t10-/m0/s1. The topological polar surface area (TPSA) is 75.3 Å². The van der Waals surface area contributed by atoms with Crippen molar-refractivity contribution >= 4 is 21.6 Å². The molecular weight excluding hydrogens is 276 g/mol. The van der Waals surface area contributed by atoms with Crippen LogP contribution in [0.1, 0.15) is 35.7 Å². The first-order chi connectivity index (χ1) is 9.26. The number of benzene rings is 1. The number of amides is 1. The van der Waals surface area contributed by atoms with Gasteiger partial charge < -0.3 is 5.32 Å². The average molecular weight is 296 g/mol. The molecule has 2 rings (SSSR count). The Bertz CT molecular complexity index is 621. The maximum atomic E-state index is 12.3. The van der Waals surface area contributed by atoms with Crippen molar-refractivity contribution in [2.75, 3.05) is 11.0 Å². The molecule has 1 atom stereocenters. The summed E-state index contributed by atoms with van der Waals surface area (Å²) in [5.41, 5.74) is 1.59. The van der Waals surface area contributed by atoms with Crippen LogP contribution in [0.4, 0.5) is 5.69 Å². The van der Waals surface area contributed by atoms with E-state index in [1.807, 2.05) is 13.8 Å². The van der Waals surface area contributed by atoms with Gasteiger partial charge in [0.25, 0.3) is 5.91 Å². The van der Waals surface area contributed by atoms with Crippen LogP contribution in [0, 0.1) is 12.8 Å². The number of aryl methyl sites for hydroxylation is 1. The third kappa shape index (κ3) is 3.96. The van der Waals surface area contributed by atoms with Crippen LogP contribution in [0.15, 0.2) is 18.2 Å². The van der Waals surface area contributed by atoms with Crippen LogP contribution in [0.3, 0.4) is 0 Å². The van der Waals surface area contributed by atoms with Gasteiger partial charge in [-0.1, -0.05) is 11.6 Å². The largest absolute Gasteiger partial charge is 0.349 e. The van der Waals surface area contributed by atoms with Crippen LogP contribution in [0.25, 0.3) is 0 Å². The zero-order valence-corrected chi connectivity index (χ0v) is 12.8. The first kappa shape index (κ1) is 14.8. The van der Waals surface area contributed by atoms with Gasteiger partial charge in [-0.3, -0.25) is 9.52 Å². The summed E-state index contributed by atoms with van der Waals surface area (Å²) in [4.78, 5) is 12.3. The molecule has 0 spiro atoms. The smallest absolute Gasteiger partial charge is 0.253 e. The highest BCUT2D eigenvalue weighted by atomic mass is 32.2. The van der Waals surface area contributed by atoms with Crippen molar-refractivity contribution < 1.29 is 13.2 Å². The summed E-state index contributed by atoms with van der Waals surface area (Å²) < 4.78 is 25.1. The lowest BCUT2D eigenvalue weighted by atomic mass is 10.1. The lowest BCUT2D eigenvalue weighted by Gasteiger charge is -2.16. The molecular formula is C14H20N2O3S. The van der Waals surface area contributed by atoms with E-state index in [-0.39, 0.29) is 11.9 Å². The summed E-state index contributed by atoms with van der Waals surface area (Å²) in [6.07, 6.45) is 3.36. The molecule has 0 radical (unpaired) electrons. The molecule has 0 unspecified atom stereocenters. The van der Waals surface area contributed by atoms with Crippen molar-refractivity contribution in [3.05, 3.63) is 29.3 Å². The third-order valence-electron chi connectivity index (χ3n) is 3.40.